The molecule has 86 valence electrons. The molecule has 0 aromatic heterocycles. The molecule has 0 heterocycles. The Morgan fingerprint density at radius 3 is 1.86 bits per heavy atom. The lowest BCUT2D eigenvalue weighted by Crippen LogP contribution is -2.37. The van der Waals surface area contributed by atoms with E-state index < -0.39 is 0 Å². The van der Waals surface area contributed by atoms with E-state index in [9.17, 15) is 0 Å². The zero-order valence-corrected chi connectivity index (χ0v) is 10.6. The highest BCUT2D eigenvalue weighted by atomic mass is 16.5. The summed E-state index contributed by atoms with van der Waals surface area (Å²) in [5.74, 6) is 2.25. The van der Waals surface area contributed by atoms with Crippen LogP contribution in [0.4, 0.5) is 0 Å². The van der Waals surface area contributed by atoms with Crippen LogP contribution in [0, 0.1) is 17.8 Å². The molecule has 0 saturated heterocycles. The third-order valence-corrected chi connectivity index (χ3v) is 2.83. The molecule has 0 rings (SSSR count). The zero-order chi connectivity index (χ0) is 11.1. The van der Waals surface area contributed by atoms with E-state index in [-0.39, 0.29) is 0 Å². The van der Waals surface area contributed by atoms with Gasteiger partial charge in [-0.3, -0.25) is 0 Å². The summed E-state index contributed by atoms with van der Waals surface area (Å²) in [6.07, 6.45) is 0. The molecule has 1 N–H and O–H groups in total. The van der Waals surface area contributed by atoms with Gasteiger partial charge in [0.2, 0.25) is 0 Å². The first-order valence-corrected chi connectivity index (χ1v) is 5.71. The van der Waals surface area contributed by atoms with Crippen molar-refractivity contribution in [2.75, 3.05) is 20.3 Å². The van der Waals surface area contributed by atoms with Crippen LogP contribution in [-0.4, -0.2) is 26.3 Å². The normalized spacial score (nSPS) is 14.4. The molecule has 0 spiro atoms. The van der Waals surface area contributed by atoms with Crippen LogP contribution in [0.25, 0.3) is 0 Å². The summed E-state index contributed by atoms with van der Waals surface area (Å²) in [5, 5.41) is 3.52. The fourth-order valence-corrected chi connectivity index (χ4v) is 1.89. The van der Waals surface area contributed by atoms with Crippen molar-refractivity contribution >= 4 is 0 Å². The highest BCUT2D eigenvalue weighted by Gasteiger charge is 2.17. The standard InChI is InChI=1S/C12H27NO/c1-9(2)12(10(3)4)7-13-11(5)8-14-6/h9-13H,7-8H2,1-6H3. The van der Waals surface area contributed by atoms with Gasteiger partial charge < -0.3 is 10.1 Å². The van der Waals surface area contributed by atoms with Gasteiger partial charge in [-0.15, -0.1) is 0 Å². The van der Waals surface area contributed by atoms with Crippen LogP contribution in [0.2, 0.25) is 0 Å². The molecule has 0 amide bonds. The summed E-state index contributed by atoms with van der Waals surface area (Å²) in [7, 11) is 1.75. The lowest BCUT2D eigenvalue weighted by Gasteiger charge is -2.26. The largest absolute Gasteiger partial charge is 0.383 e. The van der Waals surface area contributed by atoms with Gasteiger partial charge in [-0.05, 0) is 31.2 Å². The van der Waals surface area contributed by atoms with Crippen molar-refractivity contribution in [1.82, 2.24) is 5.32 Å². The number of methoxy groups -OCH3 is 1. The fourth-order valence-electron chi connectivity index (χ4n) is 1.89. The maximum Gasteiger partial charge on any atom is 0.0613 e. The Labute approximate surface area is 89.4 Å². The van der Waals surface area contributed by atoms with Crippen LogP contribution in [-0.2, 0) is 4.74 Å². The van der Waals surface area contributed by atoms with Crippen molar-refractivity contribution in [2.45, 2.75) is 40.7 Å². The molecule has 0 saturated carbocycles. The molecule has 0 bridgehead atoms. The van der Waals surface area contributed by atoms with Crippen molar-refractivity contribution in [3.63, 3.8) is 0 Å². The molecular formula is C12H27NO. The van der Waals surface area contributed by atoms with E-state index in [2.05, 4.69) is 39.9 Å². The van der Waals surface area contributed by atoms with E-state index in [1.807, 2.05) is 0 Å². The first-order chi connectivity index (χ1) is 6.49. The van der Waals surface area contributed by atoms with Crippen molar-refractivity contribution < 1.29 is 4.74 Å². The molecule has 14 heavy (non-hydrogen) atoms. The Bertz CT molecular complexity index is 126. The minimum absolute atomic E-state index is 0.458. The Balaban J connectivity index is 3.82. The van der Waals surface area contributed by atoms with Crippen LogP contribution in [0.1, 0.15) is 34.6 Å². The summed E-state index contributed by atoms with van der Waals surface area (Å²) in [5.41, 5.74) is 0. The predicted molar refractivity (Wildman–Crippen MR) is 62.5 cm³/mol. The topological polar surface area (TPSA) is 21.3 Å². The monoisotopic (exact) mass is 201 g/mol. The molecule has 0 aromatic carbocycles. The summed E-state index contributed by atoms with van der Waals surface area (Å²) < 4.78 is 5.09. The number of rotatable bonds is 7. The molecule has 0 aliphatic carbocycles. The molecule has 1 atom stereocenters. The van der Waals surface area contributed by atoms with E-state index in [1.165, 1.54) is 0 Å². The summed E-state index contributed by atoms with van der Waals surface area (Å²) in [6.45, 7) is 13.3. The van der Waals surface area contributed by atoms with Gasteiger partial charge in [-0.1, -0.05) is 27.7 Å². The van der Waals surface area contributed by atoms with Crippen LogP contribution >= 0.6 is 0 Å². The highest BCUT2D eigenvalue weighted by molar-refractivity contribution is 4.71. The van der Waals surface area contributed by atoms with E-state index in [4.69, 9.17) is 4.74 Å². The van der Waals surface area contributed by atoms with Crippen molar-refractivity contribution in [3.05, 3.63) is 0 Å². The Hall–Kier alpha value is -0.0800. The van der Waals surface area contributed by atoms with Crippen molar-refractivity contribution in [1.29, 1.82) is 0 Å². The Kier molecular flexibility index (Phi) is 7.20. The van der Waals surface area contributed by atoms with Crippen molar-refractivity contribution in [2.24, 2.45) is 17.8 Å². The fraction of sp³-hybridized carbons (Fsp3) is 1.00. The predicted octanol–water partition coefficient (Wildman–Crippen LogP) is 2.54. The lowest BCUT2D eigenvalue weighted by molar-refractivity contribution is 0.163. The van der Waals surface area contributed by atoms with Gasteiger partial charge in [0, 0.05) is 13.2 Å². The molecule has 0 aromatic rings. The van der Waals surface area contributed by atoms with Crippen LogP contribution in [0.15, 0.2) is 0 Å². The van der Waals surface area contributed by atoms with Gasteiger partial charge in [0.05, 0.1) is 6.61 Å². The van der Waals surface area contributed by atoms with Gasteiger partial charge >= 0.3 is 0 Å². The molecule has 0 radical (unpaired) electrons. The Morgan fingerprint density at radius 2 is 1.50 bits per heavy atom. The second kappa shape index (κ2) is 7.24. The number of hydrogen-bond acceptors (Lipinski definition) is 2. The van der Waals surface area contributed by atoms with Crippen LogP contribution < -0.4 is 5.32 Å². The molecule has 2 nitrogen and oxygen atoms in total. The van der Waals surface area contributed by atoms with Gasteiger partial charge in [0.1, 0.15) is 0 Å². The maximum atomic E-state index is 5.09. The number of hydrogen-bond donors (Lipinski definition) is 1. The molecular weight excluding hydrogens is 174 g/mol. The first kappa shape index (κ1) is 13.9. The average molecular weight is 201 g/mol. The first-order valence-electron chi connectivity index (χ1n) is 5.71. The summed E-state index contributed by atoms with van der Waals surface area (Å²) in [4.78, 5) is 0. The number of nitrogens with one attached hydrogen (secondary N) is 1. The third kappa shape index (κ3) is 5.61. The van der Waals surface area contributed by atoms with Gasteiger partial charge in [-0.25, -0.2) is 0 Å². The van der Waals surface area contributed by atoms with Gasteiger partial charge in [0.25, 0.3) is 0 Å². The summed E-state index contributed by atoms with van der Waals surface area (Å²) >= 11 is 0. The van der Waals surface area contributed by atoms with Gasteiger partial charge in [-0.2, -0.15) is 0 Å². The third-order valence-electron chi connectivity index (χ3n) is 2.83. The second-order valence-corrected chi connectivity index (χ2v) is 4.92. The van der Waals surface area contributed by atoms with E-state index >= 15 is 0 Å². The van der Waals surface area contributed by atoms with Gasteiger partial charge in [0.15, 0.2) is 0 Å². The molecule has 1 unspecified atom stereocenters. The Morgan fingerprint density at radius 1 is 1.00 bits per heavy atom. The minimum Gasteiger partial charge on any atom is -0.383 e. The van der Waals surface area contributed by atoms with Crippen molar-refractivity contribution in [3.8, 4) is 0 Å². The molecule has 0 aliphatic heterocycles. The number of ether oxygens (including phenoxy) is 1. The smallest absolute Gasteiger partial charge is 0.0613 e. The zero-order valence-electron chi connectivity index (χ0n) is 10.6. The molecule has 2 heteroatoms. The highest BCUT2D eigenvalue weighted by Crippen LogP contribution is 2.19. The molecule has 0 aliphatic rings. The summed E-state index contributed by atoms with van der Waals surface area (Å²) in [6, 6.07) is 0.458. The SMILES string of the molecule is COCC(C)NCC(C(C)C)C(C)C. The van der Waals surface area contributed by atoms with Crippen LogP contribution in [0.5, 0.6) is 0 Å². The lowest BCUT2D eigenvalue weighted by atomic mass is 9.85. The average Bonchev–Trinajstić information content (AvgIpc) is 2.03. The second-order valence-electron chi connectivity index (χ2n) is 4.92. The van der Waals surface area contributed by atoms with Crippen LogP contribution in [0.3, 0.4) is 0 Å². The molecule has 0 fully saturated rings. The van der Waals surface area contributed by atoms with E-state index in [0.29, 0.717) is 6.04 Å². The minimum atomic E-state index is 0.458. The van der Waals surface area contributed by atoms with E-state index in [0.717, 1.165) is 30.9 Å². The van der Waals surface area contributed by atoms with E-state index in [1.54, 1.807) is 7.11 Å². The maximum absolute atomic E-state index is 5.09. The quantitative estimate of drug-likeness (QED) is 0.683.